The summed E-state index contributed by atoms with van der Waals surface area (Å²) in [6.45, 7) is 1.57. The van der Waals surface area contributed by atoms with Gasteiger partial charge in [0.1, 0.15) is 17.1 Å². The van der Waals surface area contributed by atoms with Crippen molar-refractivity contribution < 1.29 is 18.7 Å². The zero-order valence-electron chi connectivity index (χ0n) is 19.6. The molecule has 0 radical (unpaired) electrons. The summed E-state index contributed by atoms with van der Waals surface area (Å²) in [7, 11) is 0. The zero-order chi connectivity index (χ0) is 24.9. The van der Waals surface area contributed by atoms with E-state index in [1.807, 2.05) is 79.7 Å². The standard InChI is InChI=1S/C30H23NO5/c1-20-12-17-25-26(18-20)36-29(21-8-4-2-5-9-21)30(28(25)33)34-19-27(32)31-22-13-15-24(16-14-22)35-23-10-6-3-7-11-23/h2-18H,19H2,1H3,(H,31,32). The molecule has 0 aliphatic rings. The molecule has 1 heterocycles. The van der Waals surface area contributed by atoms with Crippen LogP contribution in [0.4, 0.5) is 5.69 Å². The summed E-state index contributed by atoms with van der Waals surface area (Å²) in [5.74, 6) is 1.25. The number of rotatable bonds is 7. The molecule has 0 aliphatic heterocycles. The highest BCUT2D eigenvalue weighted by Gasteiger charge is 2.19. The topological polar surface area (TPSA) is 77.8 Å². The third-order valence-electron chi connectivity index (χ3n) is 5.51. The van der Waals surface area contributed by atoms with Crippen LogP contribution in [-0.4, -0.2) is 12.5 Å². The number of para-hydroxylation sites is 1. The highest BCUT2D eigenvalue weighted by Crippen LogP contribution is 2.31. The molecule has 0 saturated carbocycles. The Balaban J connectivity index is 1.33. The largest absolute Gasteiger partial charge is 0.476 e. The Morgan fingerprint density at radius 3 is 2.22 bits per heavy atom. The molecule has 0 atom stereocenters. The highest BCUT2D eigenvalue weighted by atomic mass is 16.5. The van der Waals surface area contributed by atoms with Crippen LogP contribution in [-0.2, 0) is 4.79 Å². The number of amides is 1. The van der Waals surface area contributed by atoms with Gasteiger partial charge in [-0.15, -0.1) is 0 Å². The van der Waals surface area contributed by atoms with Crippen molar-refractivity contribution in [3.8, 4) is 28.6 Å². The third-order valence-corrected chi connectivity index (χ3v) is 5.51. The molecule has 0 bridgehead atoms. The van der Waals surface area contributed by atoms with E-state index in [9.17, 15) is 9.59 Å². The third kappa shape index (κ3) is 5.13. The lowest BCUT2D eigenvalue weighted by Gasteiger charge is -2.12. The molecule has 36 heavy (non-hydrogen) atoms. The zero-order valence-corrected chi connectivity index (χ0v) is 19.6. The van der Waals surface area contributed by atoms with Gasteiger partial charge in [0.25, 0.3) is 5.91 Å². The van der Waals surface area contributed by atoms with Crippen molar-refractivity contribution in [2.24, 2.45) is 0 Å². The van der Waals surface area contributed by atoms with Crippen LogP contribution in [0.15, 0.2) is 112 Å². The fourth-order valence-electron chi connectivity index (χ4n) is 3.76. The summed E-state index contributed by atoms with van der Waals surface area (Å²) in [5.41, 5.74) is 2.37. The highest BCUT2D eigenvalue weighted by molar-refractivity contribution is 5.92. The Kier molecular flexibility index (Phi) is 6.49. The number of ether oxygens (including phenoxy) is 2. The predicted octanol–water partition coefficient (Wildman–Crippen LogP) is 6.58. The number of anilines is 1. The van der Waals surface area contributed by atoms with Crippen molar-refractivity contribution in [1.29, 1.82) is 0 Å². The first-order valence-corrected chi connectivity index (χ1v) is 11.5. The van der Waals surface area contributed by atoms with Crippen molar-refractivity contribution >= 4 is 22.6 Å². The van der Waals surface area contributed by atoms with Crippen molar-refractivity contribution in [2.75, 3.05) is 11.9 Å². The molecule has 1 amide bonds. The van der Waals surface area contributed by atoms with Crippen LogP contribution in [0.3, 0.4) is 0 Å². The maximum absolute atomic E-state index is 13.3. The minimum absolute atomic E-state index is 0.000637. The molecule has 6 heteroatoms. The molecule has 0 unspecified atom stereocenters. The van der Waals surface area contributed by atoms with E-state index >= 15 is 0 Å². The quantitative estimate of drug-likeness (QED) is 0.287. The number of aryl methyl sites for hydroxylation is 1. The van der Waals surface area contributed by atoms with Crippen LogP contribution in [0, 0.1) is 6.92 Å². The molecule has 1 aromatic heterocycles. The van der Waals surface area contributed by atoms with Crippen molar-refractivity contribution in [1.82, 2.24) is 0 Å². The van der Waals surface area contributed by atoms with E-state index in [1.54, 1.807) is 30.3 Å². The van der Waals surface area contributed by atoms with Crippen molar-refractivity contribution in [2.45, 2.75) is 6.92 Å². The van der Waals surface area contributed by atoms with E-state index in [0.717, 1.165) is 11.3 Å². The summed E-state index contributed by atoms with van der Waals surface area (Å²) in [5, 5.41) is 3.17. The molecular formula is C30H23NO5. The summed E-state index contributed by atoms with van der Waals surface area (Å²) >= 11 is 0. The van der Waals surface area contributed by atoms with Crippen molar-refractivity contribution in [3.63, 3.8) is 0 Å². The van der Waals surface area contributed by atoms with E-state index in [-0.39, 0.29) is 23.5 Å². The van der Waals surface area contributed by atoms with E-state index in [0.29, 0.717) is 28.0 Å². The van der Waals surface area contributed by atoms with Gasteiger partial charge in [-0.1, -0.05) is 54.6 Å². The monoisotopic (exact) mass is 477 g/mol. The molecule has 0 spiro atoms. The summed E-state index contributed by atoms with van der Waals surface area (Å²) < 4.78 is 17.6. The number of benzene rings is 4. The van der Waals surface area contributed by atoms with Gasteiger partial charge in [-0.25, -0.2) is 0 Å². The fourth-order valence-corrected chi connectivity index (χ4v) is 3.76. The molecule has 0 aliphatic carbocycles. The Bertz CT molecular complexity index is 1560. The van der Waals surface area contributed by atoms with Crippen LogP contribution in [0.5, 0.6) is 17.2 Å². The van der Waals surface area contributed by atoms with Crippen LogP contribution in [0.25, 0.3) is 22.3 Å². The molecule has 6 nitrogen and oxygen atoms in total. The van der Waals surface area contributed by atoms with E-state index in [1.165, 1.54) is 0 Å². The van der Waals surface area contributed by atoms with E-state index < -0.39 is 5.91 Å². The van der Waals surface area contributed by atoms with Gasteiger partial charge in [-0.2, -0.15) is 0 Å². The normalized spacial score (nSPS) is 10.7. The first kappa shape index (κ1) is 22.9. The molecule has 178 valence electrons. The number of hydrogen-bond acceptors (Lipinski definition) is 5. The van der Waals surface area contributed by atoms with Crippen molar-refractivity contribution in [3.05, 3.63) is 119 Å². The summed E-state index contributed by atoms with van der Waals surface area (Å²) in [6, 6.07) is 31.0. The molecule has 0 fully saturated rings. The molecular weight excluding hydrogens is 454 g/mol. The van der Waals surface area contributed by atoms with Gasteiger partial charge >= 0.3 is 0 Å². The SMILES string of the molecule is Cc1ccc2c(=O)c(OCC(=O)Nc3ccc(Oc4ccccc4)cc3)c(-c3ccccc3)oc2c1. The molecule has 5 rings (SSSR count). The average Bonchev–Trinajstić information content (AvgIpc) is 2.90. The van der Waals surface area contributed by atoms with Gasteiger partial charge in [-0.3, -0.25) is 9.59 Å². The van der Waals surface area contributed by atoms with Crippen LogP contribution in [0.1, 0.15) is 5.56 Å². The van der Waals surface area contributed by atoms with Crippen LogP contribution in [0.2, 0.25) is 0 Å². The Hall–Kier alpha value is -4.84. The molecule has 5 aromatic rings. The predicted molar refractivity (Wildman–Crippen MR) is 140 cm³/mol. The first-order chi connectivity index (χ1) is 17.6. The first-order valence-electron chi connectivity index (χ1n) is 11.5. The average molecular weight is 478 g/mol. The minimum atomic E-state index is -0.408. The van der Waals surface area contributed by atoms with Gasteiger partial charge in [0.2, 0.25) is 11.2 Å². The second kappa shape index (κ2) is 10.2. The van der Waals surface area contributed by atoms with Gasteiger partial charge in [-0.05, 0) is 61.0 Å². The smallest absolute Gasteiger partial charge is 0.262 e. The summed E-state index contributed by atoms with van der Waals surface area (Å²) in [6.07, 6.45) is 0. The Labute approximate surface area is 207 Å². The fraction of sp³-hybridized carbons (Fsp3) is 0.0667. The Morgan fingerprint density at radius 2 is 1.50 bits per heavy atom. The minimum Gasteiger partial charge on any atom is -0.476 e. The lowest BCUT2D eigenvalue weighted by molar-refractivity contribution is -0.118. The number of hydrogen-bond donors (Lipinski definition) is 1. The van der Waals surface area contributed by atoms with Crippen LogP contribution >= 0.6 is 0 Å². The summed E-state index contributed by atoms with van der Waals surface area (Å²) in [4.78, 5) is 25.9. The second-order valence-corrected chi connectivity index (χ2v) is 8.23. The van der Waals surface area contributed by atoms with Gasteiger partial charge in [0, 0.05) is 11.3 Å². The molecule has 4 aromatic carbocycles. The molecule has 0 saturated heterocycles. The molecule has 1 N–H and O–H groups in total. The maximum Gasteiger partial charge on any atom is 0.262 e. The number of nitrogens with one attached hydrogen (secondary N) is 1. The van der Waals surface area contributed by atoms with Gasteiger partial charge < -0.3 is 19.2 Å². The number of carbonyl (C=O) groups is 1. The number of carbonyl (C=O) groups excluding carboxylic acids is 1. The lowest BCUT2D eigenvalue weighted by atomic mass is 10.1. The maximum atomic E-state index is 13.3. The lowest BCUT2D eigenvalue weighted by Crippen LogP contribution is -2.22. The van der Waals surface area contributed by atoms with Crippen LogP contribution < -0.4 is 20.2 Å². The second-order valence-electron chi connectivity index (χ2n) is 8.23. The van der Waals surface area contributed by atoms with Gasteiger partial charge in [0.15, 0.2) is 12.4 Å². The number of fused-ring (bicyclic) bond motifs is 1. The van der Waals surface area contributed by atoms with Gasteiger partial charge in [0.05, 0.1) is 5.39 Å². The van der Waals surface area contributed by atoms with E-state index in [4.69, 9.17) is 13.9 Å². The van der Waals surface area contributed by atoms with E-state index in [2.05, 4.69) is 5.32 Å². The Morgan fingerprint density at radius 1 is 0.833 bits per heavy atom.